The second-order valence-corrected chi connectivity index (χ2v) is 7.52. The van der Waals surface area contributed by atoms with Crippen LogP contribution in [0.3, 0.4) is 0 Å². The van der Waals surface area contributed by atoms with E-state index in [1.165, 1.54) is 32.1 Å². The molecular formula is C22H31N3O2. The van der Waals surface area contributed by atoms with Gasteiger partial charge in [-0.15, -0.1) is 0 Å². The van der Waals surface area contributed by atoms with E-state index < -0.39 is 0 Å². The maximum absolute atomic E-state index is 12.3. The Labute approximate surface area is 162 Å². The Hall–Kier alpha value is -2.14. The third-order valence-electron chi connectivity index (χ3n) is 5.16. The van der Waals surface area contributed by atoms with Crippen LogP contribution in [-0.2, 0) is 11.3 Å². The predicted molar refractivity (Wildman–Crippen MR) is 107 cm³/mol. The minimum atomic E-state index is -0.0228. The molecule has 3 rings (SSSR count). The van der Waals surface area contributed by atoms with Crippen LogP contribution in [-0.4, -0.2) is 34.9 Å². The second kappa shape index (κ2) is 9.70. The van der Waals surface area contributed by atoms with Crippen molar-refractivity contribution < 1.29 is 9.53 Å². The first-order valence-electron chi connectivity index (χ1n) is 10.1. The van der Waals surface area contributed by atoms with Gasteiger partial charge in [0.15, 0.2) is 0 Å². The summed E-state index contributed by atoms with van der Waals surface area (Å²) in [5, 5.41) is 7.46. The summed E-state index contributed by atoms with van der Waals surface area (Å²) < 4.78 is 7.88. The maximum atomic E-state index is 12.3. The molecule has 2 aromatic rings. The van der Waals surface area contributed by atoms with Crippen LogP contribution in [0.4, 0.5) is 0 Å². The lowest BCUT2D eigenvalue weighted by Gasteiger charge is -2.21. The molecule has 5 heteroatoms. The van der Waals surface area contributed by atoms with Crippen molar-refractivity contribution in [3.63, 3.8) is 0 Å². The number of ether oxygens (including phenoxy) is 1. The Morgan fingerprint density at radius 3 is 2.59 bits per heavy atom. The Kier molecular flexibility index (Phi) is 7.04. The lowest BCUT2D eigenvalue weighted by atomic mass is 9.98. The molecule has 1 aliphatic carbocycles. The smallest absolute Gasteiger partial charge is 0.251 e. The normalized spacial score (nSPS) is 15.0. The van der Waals surface area contributed by atoms with Gasteiger partial charge in [0.2, 0.25) is 0 Å². The monoisotopic (exact) mass is 369 g/mol. The van der Waals surface area contributed by atoms with E-state index in [2.05, 4.69) is 23.4 Å². The molecule has 146 valence electrons. The molecule has 1 amide bonds. The van der Waals surface area contributed by atoms with Gasteiger partial charge in [0, 0.05) is 24.4 Å². The Morgan fingerprint density at radius 1 is 1.19 bits per heavy atom. The van der Waals surface area contributed by atoms with E-state index in [0.717, 1.165) is 36.5 Å². The van der Waals surface area contributed by atoms with Gasteiger partial charge in [0.25, 0.3) is 5.91 Å². The number of hydrogen-bond acceptors (Lipinski definition) is 3. The first-order valence-corrected chi connectivity index (χ1v) is 10.1. The molecule has 0 unspecified atom stereocenters. The number of carbonyl (C=O) groups is 1. The van der Waals surface area contributed by atoms with Crippen LogP contribution < -0.4 is 5.32 Å². The lowest BCUT2D eigenvalue weighted by Crippen LogP contribution is -2.26. The molecule has 1 aromatic heterocycles. The number of nitrogens with zero attached hydrogens (tertiary/aromatic N) is 2. The van der Waals surface area contributed by atoms with Crippen molar-refractivity contribution in [3.05, 3.63) is 52.8 Å². The van der Waals surface area contributed by atoms with Gasteiger partial charge in [-0.1, -0.05) is 31.4 Å². The van der Waals surface area contributed by atoms with Gasteiger partial charge >= 0.3 is 0 Å². The maximum Gasteiger partial charge on any atom is 0.251 e. The highest BCUT2D eigenvalue weighted by Crippen LogP contribution is 2.20. The lowest BCUT2D eigenvalue weighted by molar-refractivity contribution is 0.0273. The highest BCUT2D eigenvalue weighted by Gasteiger charge is 2.13. The van der Waals surface area contributed by atoms with Gasteiger partial charge in [-0.2, -0.15) is 5.10 Å². The van der Waals surface area contributed by atoms with E-state index in [1.807, 2.05) is 35.9 Å². The number of aryl methyl sites for hydroxylation is 2. The second-order valence-electron chi connectivity index (χ2n) is 7.52. The van der Waals surface area contributed by atoms with Crippen LogP contribution in [0, 0.1) is 13.8 Å². The largest absolute Gasteiger partial charge is 0.378 e. The van der Waals surface area contributed by atoms with Gasteiger partial charge in [-0.3, -0.25) is 9.48 Å². The molecule has 1 aromatic carbocycles. The summed E-state index contributed by atoms with van der Waals surface area (Å²) in [6, 6.07) is 9.83. The fourth-order valence-electron chi connectivity index (χ4n) is 3.63. The van der Waals surface area contributed by atoms with Gasteiger partial charge in [-0.25, -0.2) is 0 Å². The molecule has 1 aliphatic rings. The summed E-state index contributed by atoms with van der Waals surface area (Å²) in [6.45, 7) is 6.16. The summed E-state index contributed by atoms with van der Waals surface area (Å²) in [5.74, 6) is -0.0228. The van der Waals surface area contributed by atoms with Gasteiger partial charge in [-0.05, 0) is 56.9 Å². The zero-order valence-electron chi connectivity index (χ0n) is 16.5. The molecule has 0 radical (unpaired) electrons. The van der Waals surface area contributed by atoms with Crippen molar-refractivity contribution in [2.75, 3.05) is 13.2 Å². The summed E-state index contributed by atoms with van der Waals surface area (Å²) >= 11 is 0. The SMILES string of the molecule is Cc1cc(C)n(Cc2ccc(C(=O)NCCCOC3CCCCC3)cc2)n1. The van der Waals surface area contributed by atoms with Crippen molar-refractivity contribution in [3.8, 4) is 0 Å². The third-order valence-corrected chi connectivity index (χ3v) is 5.16. The van der Waals surface area contributed by atoms with E-state index >= 15 is 0 Å². The fourth-order valence-corrected chi connectivity index (χ4v) is 3.63. The summed E-state index contributed by atoms with van der Waals surface area (Å²) in [7, 11) is 0. The predicted octanol–water partition coefficient (Wildman–Crippen LogP) is 4.02. The van der Waals surface area contributed by atoms with Gasteiger partial charge in [0.1, 0.15) is 0 Å². The zero-order valence-corrected chi connectivity index (χ0v) is 16.5. The summed E-state index contributed by atoms with van der Waals surface area (Å²) in [5.41, 5.74) is 4.00. The molecule has 0 bridgehead atoms. The Morgan fingerprint density at radius 2 is 1.93 bits per heavy atom. The first-order chi connectivity index (χ1) is 13.1. The van der Waals surface area contributed by atoms with Crippen LogP contribution in [0.1, 0.15) is 65.8 Å². The van der Waals surface area contributed by atoms with Crippen molar-refractivity contribution >= 4 is 5.91 Å². The first kappa shape index (κ1) is 19.6. The number of nitrogens with one attached hydrogen (secondary N) is 1. The standard InChI is InChI=1S/C22H31N3O2/c1-17-15-18(2)25(24-17)16-19-9-11-20(12-10-19)22(26)23-13-6-14-27-21-7-4-3-5-8-21/h9-12,15,21H,3-8,13-14,16H2,1-2H3,(H,23,26). The molecule has 5 nitrogen and oxygen atoms in total. The van der Waals surface area contributed by atoms with Crippen molar-refractivity contribution in [1.82, 2.24) is 15.1 Å². The van der Waals surface area contributed by atoms with E-state index in [4.69, 9.17) is 4.74 Å². The van der Waals surface area contributed by atoms with Crippen molar-refractivity contribution in [1.29, 1.82) is 0 Å². The average molecular weight is 370 g/mol. The minimum Gasteiger partial charge on any atom is -0.378 e. The highest BCUT2D eigenvalue weighted by molar-refractivity contribution is 5.94. The quantitative estimate of drug-likeness (QED) is 0.715. The van der Waals surface area contributed by atoms with Crippen LogP contribution in [0.5, 0.6) is 0 Å². The van der Waals surface area contributed by atoms with E-state index in [-0.39, 0.29) is 5.91 Å². The summed E-state index contributed by atoms with van der Waals surface area (Å²) in [6.07, 6.45) is 7.60. The number of carbonyl (C=O) groups excluding carboxylic acids is 1. The molecule has 0 aliphatic heterocycles. The molecule has 1 N–H and O–H groups in total. The number of aromatic nitrogens is 2. The van der Waals surface area contributed by atoms with Crippen LogP contribution >= 0.6 is 0 Å². The topological polar surface area (TPSA) is 56.2 Å². The van der Waals surface area contributed by atoms with Gasteiger partial charge in [0.05, 0.1) is 18.3 Å². The molecule has 0 saturated heterocycles. The van der Waals surface area contributed by atoms with Crippen molar-refractivity contribution in [2.24, 2.45) is 0 Å². The zero-order chi connectivity index (χ0) is 19.1. The average Bonchev–Trinajstić information content (AvgIpc) is 2.99. The van der Waals surface area contributed by atoms with Crippen LogP contribution in [0.2, 0.25) is 0 Å². The molecule has 1 fully saturated rings. The van der Waals surface area contributed by atoms with E-state index in [1.54, 1.807) is 0 Å². The number of hydrogen-bond donors (Lipinski definition) is 1. The molecule has 0 atom stereocenters. The summed E-state index contributed by atoms with van der Waals surface area (Å²) in [4.78, 5) is 12.3. The number of amides is 1. The molecule has 27 heavy (non-hydrogen) atoms. The van der Waals surface area contributed by atoms with Crippen LogP contribution in [0.25, 0.3) is 0 Å². The number of rotatable bonds is 8. The molecule has 1 saturated carbocycles. The fraction of sp³-hybridized carbons (Fsp3) is 0.545. The Bertz CT molecular complexity index is 731. The molecule has 0 spiro atoms. The molecule has 1 heterocycles. The van der Waals surface area contributed by atoms with Gasteiger partial charge < -0.3 is 10.1 Å². The van der Waals surface area contributed by atoms with E-state index in [9.17, 15) is 4.79 Å². The highest BCUT2D eigenvalue weighted by atomic mass is 16.5. The minimum absolute atomic E-state index is 0.0228. The third kappa shape index (κ3) is 5.93. The number of benzene rings is 1. The van der Waals surface area contributed by atoms with Crippen molar-refractivity contribution in [2.45, 2.75) is 65.0 Å². The molecular weight excluding hydrogens is 338 g/mol. The Balaban J connectivity index is 1.39. The van der Waals surface area contributed by atoms with Crippen LogP contribution in [0.15, 0.2) is 30.3 Å². The van der Waals surface area contributed by atoms with E-state index in [0.29, 0.717) is 18.2 Å².